The topological polar surface area (TPSA) is 55.7 Å². The molecule has 2 rings (SSSR count). The standard InChI is InChI=1S/C10H9N3OS/c1-7-5-15-10(13-7)4-9(14)8-2-3-11-6-12-8/h2-3,5-6H,4H2,1H3. The summed E-state index contributed by atoms with van der Waals surface area (Å²) in [6, 6.07) is 1.61. The fourth-order valence-corrected chi connectivity index (χ4v) is 1.94. The Morgan fingerprint density at radius 3 is 3.00 bits per heavy atom. The summed E-state index contributed by atoms with van der Waals surface area (Å²) in [6.45, 7) is 1.91. The molecule has 2 heterocycles. The van der Waals surface area contributed by atoms with Crippen molar-refractivity contribution in [2.24, 2.45) is 0 Å². The Morgan fingerprint density at radius 1 is 1.53 bits per heavy atom. The van der Waals surface area contributed by atoms with Crippen molar-refractivity contribution in [2.45, 2.75) is 13.3 Å². The summed E-state index contributed by atoms with van der Waals surface area (Å²) in [6.07, 6.45) is 3.25. The van der Waals surface area contributed by atoms with Crippen molar-refractivity contribution in [3.05, 3.63) is 40.4 Å². The fraction of sp³-hybridized carbons (Fsp3) is 0.200. The maximum atomic E-state index is 11.7. The molecule has 15 heavy (non-hydrogen) atoms. The van der Waals surface area contributed by atoms with E-state index in [2.05, 4.69) is 15.0 Å². The molecule has 0 radical (unpaired) electrons. The van der Waals surface area contributed by atoms with Gasteiger partial charge >= 0.3 is 0 Å². The Kier molecular flexibility index (Phi) is 2.82. The lowest BCUT2D eigenvalue weighted by molar-refractivity contribution is 0.0988. The molecule has 0 bridgehead atoms. The molecule has 0 spiro atoms. The molecule has 4 nitrogen and oxygen atoms in total. The second-order valence-electron chi connectivity index (χ2n) is 3.08. The van der Waals surface area contributed by atoms with E-state index in [0.717, 1.165) is 10.7 Å². The Hall–Kier alpha value is -1.62. The van der Waals surface area contributed by atoms with Crippen molar-refractivity contribution in [1.82, 2.24) is 15.0 Å². The van der Waals surface area contributed by atoms with Crippen LogP contribution in [0, 0.1) is 6.92 Å². The van der Waals surface area contributed by atoms with Crippen LogP contribution in [0.5, 0.6) is 0 Å². The van der Waals surface area contributed by atoms with Crippen LogP contribution in [0.25, 0.3) is 0 Å². The second kappa shape index (κ2) is 4.27. The van der Waals surface area contributed by atoms with Gasteiger partial charge in [-0.1, -0.05) is 0 Å². The molecule has 2 aromatic rings. The third-order valence-corrected chi connectivity index (χ3v) is 2.81. The highest BCUT2D eigenvalue weighted by molar-refractivity contribution is 7.09. The number of carbonyl (C=O) groups excluding carboxylic acids is 1. The molecule has 0 aliphatic carbocycles. The Morgan fingerprint density at radius 2 is 2.40 bits per heavy atom. The SMILES string of the molecule is Cc1csc(CC(=O)c2ccncn2)n1. The van der Waals surface area contributed by atoms with E-state index in [1.807, 2.05) is 12.3 Å². The predicted octanol–water partition coefficient (Wildman–Crippen LogP) is 1.67. The number of aryl methyl sites for hydroxylation is 1. The highest BCUT2D eigenvalue weighted by Gasteiger charge is 2.10. The van der Waals surface area contributed by atoms with Gasteiger partial charge in [0.15, 0.2) is 5.78 Å². The van der Waals surface area contributed by atoms with Crippen LogP contribution in [0.4, 0.5) is 0 Å². The number of hydrogen-bond donors (Lipinski definition) is 0. The smallest absolute Gasteiger partial charge is 0.188 e. The van der Waals surface area contributed by atoms with E-state index in [1.54, 1.807) is 12.3 Å². The van der Waals surface area contributed by atoms with Gasteiger partial charge in [-0.3, -0.25) is 4.79 Å². The zero-order valence-electron chi connectivity index (χ0n) is 8.17. The summed E-state index contributed by atoms with van der Waals surface area (Å²) in [5.74, 6) is -0.0215. The van der Waals surface area contributed by atoms with Gasteiger partial charge in [0.25, 0.3) is 0 Å². The van der Waals surface area contributed by atoms with E-state index in [4.69, 9.17) is 0 Å². The maximum absolute atomic E-state index is 11.7. The molecule has 0 saturated heterocycles. The van der Waals surface area contributed by atoms with Crippen molar-refractivity contribution in [3.63, 3.8) is 0 Å². The first-order chi connectivity index (χ1) is 7.25. The van der Waals surface area contributed by atoms with E-state index in [1.165, 1.54) is 17.7 Å². The van der Waals surface area contributed by atoms with Crippen molar-refractivity contribution in [2.75, 3.05) is 0 Å². The molecule has 0 amide bonds. The average Bonchev–Trinajstić information content (AvgIpc) is 2.65. The molecule has 0 atom stereocenters. The van der Waals surface area contributed by atoms with Crippen LogP contribution in [0.2, 0.25) is 0 Å². The predicted molar refractivity (Wildman–Crippen MR) is 56.9 cm³/mol. The van der Waals surface area contributed by atoms with Crippen LogP contribution in [0.1, 0.15) is 21.2 Å². The molecule has 0 unspecified atom stereocenters. The van der Waals surface area contributed by atoms with Crippen LogP contribution in [-0.2, 0) is 6.42 Å². The first kappa shape index (κ1) is 9.92. The van der Waals surface area contributed by atoms with E-state index >= 15 is 0 Å². The fourth-order valence-electron chi connectivity index (χ4n) is 1.17. The van der Waals surface area contributed by atoms with Crippen molar-refractivity contribution < 1.29 is 4.79 Å². The molecule has 2 aromatic heterocycles. The van der Waals surface area contributed by atoms with Gasteiger partial charge in [0, 0.05) is 17.3 Å². The largest absolute Gasteiger partial charge is 0.292 e. The number of nitrogens with zero attached hydrogens (tertiary/aromatic N) is 3. The number of thiazole rings is 1. The van der Waals surface area contributed by atoms with Gasteiger partial charge in [-0.2, -0.15) is 0 Å². The minimum absolute atomic E-state index is 0.0215. The van der Waals surface area contributed by atoms with Gasteiger partial charge in [0.05, 0.1) is 6.42 Å². The third-order valence-electron chi connectivity index (χ3n) is 1.85. The van der Waals surface area contributed by atoms with Crippen LogP contribution in [0.15, 0.2) is 24.0 Å². The highest BCUT2D eigenvalue weighted by atomic mass is 32.1. The van der Waals surface area contributed by atoms with Crippen LogP contribution in [-0.4, -0.2) is 20.7 Å². The number of ketones is 1. The average molecular weight is 219 g/mol. The number of carbonyl (C=O) groups is 1. The van der Waals surface area contributed by atoms with Crippen molar-refractivity contribution in [3.8, 4) is 0 Å². The van der Waals surface area contributed by atoms with Crippen LogP contribution < -0.4 is 0 Å². The van der Waals surface area contributed by atoms with E-state index in [0.29, 0.717) is 12.1 Å². The second-order valence-corrected chi connectivity index (χ2v) is 4.02. The molecule has 76 valence electrons. The molecule has 0 aliphatic rings. The lowest BCUT2D eigenvalue weighted by atomic mass is 10.2. The first-order valence-corrected chi connectivity index (χ1v) is 5.34. The third kappa shape index (κ3) is 2.44. The summed E-state index contributed by atoms with van der Waals surface area (Å²) in [5, 5.41) is 2.76. The van der Waals surface area contributed by atoms with Crippen molar-refractivity contribution >= 4 is 17.1 Å². The number of hydrogen-bond acceptors (Lipinski definition) is 5. The molecular weight excluding hydrogens is 210 g/mol. The number of rotatable bonds is 3. The zero-order valence-corrected chi connectivity index (χ0v) is 8.99. The number of aromatic nitrogens is 3. The van der Waals surface area contributed by atoms with E-state index < -0.39 is 0 Å². The van der Waals surface area contributed by atoms with Crippen LogP contribution in [0.3, 0.4) is 0 Å². The van der Waals surface area contributed by atoms with Gasteiger partial charge in [0.1, 0.15) is 17.0 Å². The van der Waals surface area contributed by atoms with Gasteiger partial charge in [-0.15, -0.1) is 11.3 Å². The molecule has 5 heteroatoms. The number of Topliss-reactive ketones (excluding diaryl/α,β-unsaturated/α-hetero) is 1. The van der Waals surface area contributed by atoms with Crippen molar-refractivity contribution in [1.29, 1.82) is 0 Å². The summed E-state index contributed by atoms with van der Waals surface area (Å²) in [7, 11) is 0. The lowest BCUT2D eigenvalue weighted by Crippen LogP contribution is -2.05. The molecule has 0 saturated carbocycles. The first-order valence-electron chi connectivity index (χ1n) is 4.46. The summed E-state index contributed by atoms with van der Waals surface area (Å²) in [5.41, 5.74) is 1.39. The summed E-state index contributed by atoms with van der Waals surface area (Å²) >= 11 is 1.50. The Labute approximate surface area is 91.0 Å². The maximum Gasteiger partial charge on any atom is 0.188 e. The molecular formula is C10H9N3OS. The summed E-state index contributed by atoms with van der Waals surface area (Å²) < 4.78 is 0. The van der Waals surface area contributed by atoms with Gasteiger partial charge in [-0.25, -0.2) is 15.0 Å². The normalized spacial score (nSPS) is 10.2. The van der Waals surface area contributed by atoms with Crippen LogP contribution >= 0.6 is 11.3 Å². The van der Waals surface area contributed by atoms with Gasteiger partial charge < -0.3 is 0 Å². The van der Waals surface area contributed by atoms with Gasteiger partial charge in [-0.05, 0) is 13.0 Å². The minimum atomic E-state index is -0.0215. The monoisotopic (exact) mass is 219 g/mol. The van der Waals surface area contributed by atoms with Gasteiger partial charge in [0.2, 0.25) is 0 Å². The molecule has 0 N–H and O–H groups in total. The van der Waals surface area contributed by atoms with E-state index in [9.17, 15) is 4.79 Å². The highest BCUT2D eigenvalue weighted by Crippen LogP contribution is 2.11. The Balaban J connectivity index is 2.11. The quantitative estimate of drug-likeness (QED) is 0.737. The molecule has 0 aromatic carbocycles. The van der Waals surface area contributed by atoms with E-state index in [-0.39, 0.29) is 5.78 Å². The Bertz CT molecular complexity index is 467. The molecule has 0 fully saturated rings. The lowest BCUT2D eigenvalue weighted by Gasteiger charge is -1.95. The summed E-state index contributed by atoms with van der Waals surface area (Å²) in [4.78, 5) is 23.6. The molecule has 0 aliphatic heterocycles. The zero-order chi connectivity index (χ0) is 10.7. The minimum Gasteiger partial charge on any atom is -0.292 e.